The average Bonchev–Trinajstić information content (AvgIpc) is 2.43. The van der Waals surface area contributed by atoms with Crippen molar-refractivity contribution >= 4 is 23.6 Å². The molecule has 1 unspecified atom stereocenters. The number of hydrogen-bond donors (Lipinski definition) is 2. The van der Waals surface area contributed by atoms with Crippen LogP contribution < -0.4 is 5.32 Å². The van der Waals surface area contributed by atoms with Crippen molar-refractivity contribution in [2.45, 2.75) is 13.0 Å². The molecule has 7 heteroatoms. The molecule has 0 saturated carbocycles. The van der Waals surface area contributed by atoms with E-state index in [1.54, 1.807) is 19.1 Å². The number of carboxylic acids is 1. The zero-order valence-corrected chi connectivity index (χ0v) is 12.8. The lowest BCUT2D eigenvalue weighted by molar-refractivity contribution is -0.137. The van der Waals surface area contributed by atoms with Crippen LogP contribution in [0, 0.1) is 0 Å². The molecule has 0 spiro atoms. The number of carboxylic acid groups (broad SMARTS) is 1. The predicted molar refractivity (Wildman–Crippen MR) is 79.5 cm³/mol. The normalized spacial score (nSPS) is 11.8. The van der Waals surface area contributed by atoms with E-state index in [1.807, 2.05) is 12.1 Å². The van der Waals surface area contributed by atoms with E-state index in [9.17, 15) is 9.59 Å². The molecule has 6 nitrogen and oxygen atoms in total. The van der Waals surface area contributed by atoms with Crippen molar-refractivity contribution in [2.75, 3.05) is 26.8 Å². The number of carbonyl (C=O) groups excluding carboxylic acids is 1. The molecule has 0 aliphatic heterocycles. The van der Waals surface area contributed by atoms with Crippen LogP contribution in [0.25, 0.3) is 0 Å². The first-order chi connectivity index (χ1) is 9.95. The first-order valence-electron chi connectivity index (χ1n) is 6.46. The van der Waals surface area contributed by atoms with Gasteiger partial charge in [0, 0.05) is 18.7 Å². The van der Waals surface area contributed by atoms with Gasteiger partial charge < -0.3 is 20.1 Å². The number of amides is 2. The summed E-state index contributed by atoms with van der Waals surface area (Å²) in [7, 11) is 1.49. The van der Waals surface area contributed by atoms with Gasteiger partial charge >= 0.3 is 12.0 Å². The van der Waals surface area contributed by atoms with Crippen molar-refractivity contribution < 1.29 is 19.4 Å². The maximum atomic E-state index is 12.1. The van der Waals surface area contributed by atoms with Gasteiger partial charge in [-0.3, -0.25) is 4.79 Å². The van der Waals surface area contributed by atoms with Gasteiger partial charge in [0.15, 0.2) is 0 Å². The number of urea groups is 1. The monoisotopic (exact) mass is 314 g/mol. The van der Waals surface area contributed by atoms with Crippen LogP contribution in [0.15, 0.2) is 24.3 Å². The minimum Gasteiger partial charge on any atom is -0.480 e. The Morgan fingerprint density at radius 1 is 1.43 bits per heavy atom. The molecule has 2 amide bonds. The fourth-order valence-corrected chi connectivity index (χ4v) is 2.10. The molecule has 1 aromatic carbocycles. The van der Waals surface area contributed by atoms with E-state index < -0.39 is 12.0 Å². The molecule has 0 aliphatic rings. The number of methoxy groups -OCH3 is 1. The zero-order valence-electron chi connectivity index (χ0n) is 12.0. The second-order valence-corrected chi connectivity index (χ2v) is 4.91. The van der Waals surface area contributed by atoms with Crippen LogP contribution in [0.4, 0.5) is 4.79 Å². The number of hydrogen-bond acceptors (Lipinski definition) is 3. The van der Waals surface area contributed by atoms with Crippen LogP contribution in [0.1, 0.15) is 18.5 Å². The fourth-order valence-electron chi connectivity index (χ4n) is 1.80. The predicted octanol–water partition coefficient (Wildman–Crippen LogP) is 2.14. The molecule has 0 fully saturated rings. The molecule has 0 heterocycles. The Balaban J connectivity index is 2.71. The number of carbonyl (C=O) groups is 2. The molecule has 1 rings (SSSR count). The van der Waals surface area contributed by atoms with E-state index in [0.29, 0.717) is 5.02 Å². The Kier molecular flexibility index (Phi) is 6.98. The van der Waals surface area contributed by atoms with E-state index in [4.69, 9.17) is 21.4 Å². The van der Waals surface area contributed by atoms with Crippen LogP contribution in [-0.2, 0) is 9.53 Å². The van der Waals surface area contributed by atoms with Crippen molar-refractivity contribution in [3.63, 3.8) is 0 Å². The molecule has 1 atom stereocenters. The van der Waals surface area contributed by atoms with E-state index in [2.05, 4.69) is 5.32 Å². The average molecular weight is 315 g/mol. The SMILES string of the molecule is COCCN(CC(=O)O)C(=O)NC(C)c1ccccc1Cl. The number of benzene rings is 1. The minimum atomic E-state index is -1.08. The molecule has 1 aromatic rings. The van der Waals surface area contributed by atoms with Gasteiger partial charge in [-0.1, -0.05) is 29.8 Å². The van der Waals surface area contributed by atoms with Crippen LogP contribution in [0.2, 0.25) is 5.02 Å². The van der Waals surface area contributed by atoms with Gasteiger partial charge in [-0.25, -0.2) is 4.79 Å². The third-order valence-electron chi connectivity index (χ3n) is 2.89. The Hall–Kier alpha value is -1.79. The highest BCUT2D eigenvalue weighted by Gasteiger charge is 2.19. The maximum absolute atomic E-state index is 12.1. The largest absolute Gasteiger partial charge is 0.480 e. The Bertz CT molecular complexity index is 496. The lowest BCUT2D eigenvalue weighted by atomic mass is 10.1. The molecule has 2 N–H and O–H groups in total. The second-order valence-electron chi connectivity index (χ2n) is 4.50. The Morgan fingerprint density at radius 3 is 2.67 bits per heavy atom. The molecule has 0 aromatic heterocycles. The van der Waals surface area contributed by atoms with Crippen LogP contribution in [0.3, 0.4) is 0 Å². The summed E-state index contributed by atoms with van der Waals surface area (Å²) in [5.74, 6) is -1.08. The summed E-state index contributed by atoms with van der Waals surface area (Å²) >= 11 is 6.07. The van der Waals surface area contributed by atoms with Gasteiger partial charge in [0.1, 0.15) is 6.54 Å². The molecular weight excluding hydrogens is 296 g/mol. The van der Waals surface area contributed by atoms with Crippen molar-refractivity contribution in [1.29, 1.82) is 0 Å². The molecule has 116 valence electrons. The van der Waals surface area contributed by atoms with E-state index >= 15 is 0 Å². The first kappa shape index (κ1) is 17.3. The van der Waals surface area contributed by atoms with Crippen LogP contribution in [0.5, 0.6) is 0 Å². The summed E-state index contributed by atoms with van der Waals surface area (Å²) in [6.07, 6.45) is 0. The number of nitrogens with zero attached hydrogens (tertiary/aromatic N) is 1. The van der Waals surface area contributed by atoms with Crippen molar-refractivity contribution in [1.82, 2.24) is 10.2 Å². The molecule has 21 heavy (non-hydrogen) atoms. The lowest BCUT2D eigenvalue weighted by Crippen LogP contribution is -2.45. The highest BCUT2D eigenvalue weighted by molar-refractivity contribution is 6.31. The van der Waals surface area contributed by atoms with E-state index in [-0.39, 0.29) is 25.7 Å². The summed E-state index contributed by atoms with van der Waals surface area (Å²) in [5.41, 5.74) is 0.773. The molecule has 0 radical (unpaired) electrons. The third-order valence-corrected chi connectivity index (χ3v) is 3.23. The maximum Gasteiger partial charge on any atom is 0.323 e. The van der Waals surface area contributed by atoms with Gasteiger partial charge in [0.05, 0.1) is 12.6 Å². The number of aliphatic carboxylic acids is 1. The third kappa shape index (κ3) is 5.61. The highest BCUT2D eigenvalue weighted by atomic mass is 35.5. The van der Waals surface area contributed by atoms with Gasteiger partial charge in [0.2, 0.25) is 0 Å². The molecule has 0 aliphatic carbocycles. The fraction of sp³-hybridized carbons (Fsp3) is 0.429. The molecular formula is C14H19ClN2O4. The number of rotatable bonds is 7. The summed E-state index contributed by atoms with van der Waals surface area (Å²) in [5, 5.41) is 12.1. The van der Waals surface area contributed by atoms with E-state index in [1.165, 1.54) is 12.0 Å². The van der Waals surface area contributed by atoms with Gasteiger partial charge in [0.25, 0.3) is 0 Å². The minimum absolute atomic E-state index is 0.198. The van der Waals surface area contributed by atoms with Gasteiger partial charge in [-0.15, -0.1) is 0 Å². The van der Waals surface area contributed by atoms with Crippen LogP contribution >= 0.6 is 11.6 Å². The summed E-state index contributed by atoms with van der Waals surface area (Å²) in [6, 6.07) is 6.37. The smallest absolute Gasteiger partial charge is 0.323 e. The zero-order chi connectivity index (χ0) is 15.8. The number of halogens is 1. The van der Waals surface area contributed by atoms with Crippen molar-refractivity contribution in [2.24, 2.45) is 0 Å². The van der Waals surface area contributed by atoms with Crippen molar-refractivity contribution in [3.8, 4) is 0 Å². The number of nitrogens with one attached hydrogen (secondary N) is 1. The quantitative estimate of drug-likeness (QED) is 0.808. The second kappa shape index (κ2) is 8.49. The number of ether oxygens (including phenoxy) is 1. The van der Waals surface area contributed by atoms with Gasteiger partial charge in [-0.2, -0.15) is 0 Å². The standard InChI is InChI=1S/C14H19ClN2O4/c1-10(11-5-3-4-6-12(11)15)16-14(20)17(7-8-21-2)9-13(18)19/h3-6,10H,7-9H2,1-2H3,(H,16,20)(H,18,19). The lowest BCUT2D eigenvalue weighted by Gasteiger charge is -2.24. The topological polar surface area (TPSA) is 78.9 Å². The highest BCUT2D eigenvalue weighted by Crippen LogP contribution is 2.22. The summed E-state index contributed by atoms with van der Waals surface area (Å²) < 4.78 is 4.88. The van der Waals surface area contributed by atoms with E-state index in [0.717, 1.165) is 5.56 Å². The molecule has 0 saturated heterocycles. The van der Waals surface area contributed by atoms with Crippen molar-refractivity contribution in [3.05, 3.63) is 34.9 Å². The van der Waals surface area contributed by atoms with Gasteiger partial charge in [-0.05, 0) is 18.6 Å². The summed E-state index contributed by atoms with van der Waals surface area (Å²) in [6.45, 7) is 1.86. The summed E-state index contributed by atoms with van der Waals surface area (Å²) in [4.78, 5) is 24.1. The first-order valence-corrected chi connectivity index (χ1v) is 6.84. The Labute approximate surface area is 128 Å². The van der Waals surface area contributed by atoms with Crippen LogP contribution in [-0.4, -0.2) is 48.8 Å². The molecule has 0 bridgehead atoms. The Morgan fingerprint density at radius 2 is 2.10 bits per heavy atom.